The average molecular weight is 138 g/mol. The molecule has 0 amide bonds. The predicted octanol–water partition coefficient (Wildman–Crippen LogP) is 0.230. The first-order valence-electron chi connectivity index (χ1n) is 3.61. The van der Waals surface area contributed by atoms with Crippen molar-refractivity contribution in [3.63, 3.8) is 0 Å². The summed E-state index contributed by atoms with van der Waals surface area (Å²) in [5, 5.41) is 0. The number of carbonyl (C=O) groups excluding carboxylic acids is 1. The Labute approximate surface area is 61.7 Å². The second kappa shape index (κ2) is 2.91. The molecule has 1 aliphatic carbocycles. The molecule has 0 aliphatic heterocycles. The Morgan fingerprint density at radius 2 is 2.30 bits per heavy atom. The highest BCUT2D eigenvalue weighted by atomic mass is 16.5. The molecule has 0 heterocycles. The van der Waals surface area contributed by atoms with Crippen molar-refractivity contribution in [1.82, 2.24) is 0 Å². The van der Waals surface area contributed by atoms with Crippen LogP contribution in [-0.4, -0.2) is 20.2 Å². The van der Waals surface area contributed by atoms with E-state index < -0.39 is 0 Å². The lowest BCUT2D eigenvalue weighted by Crippen LogP contribution is -1.96. The maximum Gasteiger partial charge on any atom is 0.153 e. The van der Waals surface area contributed by atoms with Crippen molar-refractivity contribution in [2.75, 3.05) is 6.61 Å². The van der Waals surface area contributed by atoms with E-state index in [1.54, 1.807) is 0 Å². The van der Waals surface area contributed by atoms with Crippen LogP contribution in [0.4, 0.5) is 0 Å². The zero-order chi connectivity index (χ0) is 7.56. The Morgan fingerprint density at radius 1 is 1.60 bits per heavy atom. The first kappa shape index (κ1) is 7.38. The fourth-order valence-electron chi connectivity index (χ4n) is 1.11. The quantitative estimate of drug-likeness (QED) is 0.510. The van der Waals surface area contributed by atoms with Gasteiger partial charge < -0.3 is 4.74 Å². The van der Waals surface area contributed by atoms with Crippen LogP contribution in [0.3, 0.4) is 0 Å². The molecule has 2 nitrogen and oxygen atoms in total. The lowest BCUT2D eigenvalue weighted by atomic mass is 9.94. The Kier molecular flexibility index (Phi) is 2.15. The number of carbonyl (C=O) groups is 1. The van der Waals surface area contributed by atoms with E-state index in [1.807, 2.05) is 14.8 Å². The van der Waals surface area contributed by atoms with Gasteiger partial charge in [-0.15, -0.1) is 0 Å². The van der Waals surface area contributed by atoms with Crippen LogP contribution in [0.25, 0.3) is 0 Å². The Hall–Kier alpha value is -0.725. The van der Waals surface area contributed by atoms with E-state index in [9.17, 15) is 4.79 Å². The molecule has 1 rings (SSSR count). The van der Waals surface area contributed by atoms with E-state index in [4.69, 9.17) is 4.74 Å². The van der Waals surface area contributed by atoms with Crippen molar-refractivity contribution in [3.05, 3.63) is 11.2 Å². The van der Waals surface area contributed by atoms with E-state index in [0.29, 0.717) is 13.0 Å². The van der Waals surface area contributed by atoms with Crippen LogP contribution in [0.15, 0.2) is 11.2 Å². The van der Waals surface area contributed by atoms with Crippen LogP contribution in [0.2, 0.25) is 0 Å². The predicted molar refractivity (Wildman–Crippen MR) is 41.4 cm³/mol. The first-order chi connectivity index (χ1) is 4.75. The van der Waals surface area contributed by atoms with Crippen LogP contribution in [0.5, 0.6) is 0 Å². The SMILES string of the molecule is BC1=C(OCC)CCC1=O. The van der Waals surface area contributed by atoms with Gasteiger partial charge in [-0.1, -0.05) is 0 Å². The average Bonchev–Trinajstić information content (AvgIpc) is 2.20. The Balaban J connectivity index is 2.65. The third kappa shape index (κ3) is 1.23. The number of hydrogen-bond acceptors (Lipinski definition) is 2. The van der Waals surface area contributed by atoms with Crippen molar-refractivity contribution in [3.8, 4) is 0 Å². The fourth-order valence-corrected chi connectivity index (χ4v) is 1.11. The summed E-state index contributed by atoms with van der Waals surface area (Å²) < 4.78 is 5.24. The zero-order valence-electron chi connectivity index (χ0n) is 6.44. The van der Waals surface area contributed by atoms with Crippen LogP contribution in [-0.2, 0) is 9.53 Å². The maximum atomic E-state index is 10.9. The molecule has 0 unspecified atom stereocenters. The van der Waals surface area contributed by atoms with E-state index in [2.05, 4.69) is 0 Å². The number of rotatable bonds is 2. The van der Waals surface area contributed by atoms with Gasteiger partial charge in [0.25, 0.3) is 0 Å². The molecule has 0 fully saturated rings. The molecule has 0 aromatic rings. The summed E-state index contributed by atoms with van der Waals surface area (Å²) in [5.74, 6) is 1.14. The topological polar surface area (TPSA) is 26.3 Å². The van der Waals surface area contributed by atoms with Gasteiger partial charge in [0.15, 0.2) is 5.78 Å². The van der Waals surface area contributed by atoms with Gasteiger partial charge in [0, 0.05) is 12.8 Å². The first-order valence-corrected chi connectivity index (χ1v) is 3.61. The smallest absolute Gasteiger partial charge is 0.153 e. The summed E-state index contributed by atoms with van der Waals surface area (Å²) in [6, 6.07) is 0. The molecule has 0 aromatic carbocycles. The minimum Gasteiger partial charge on any atom is -0.499 e. The van der Waals surface area contributed by atoms with Gasteiger partial charge in [0.05, 0.1) is 12.4 Å². The van der Waals surface area contributed by atoms with Gasteiger partial charge >= 0.3 is 0 Å². The molecule has 0 spiro atoms. The number of ether oxygens (including phenoxy) is 1. The van der Waals surface area contributed by atoms with E-state index >= 15 is 0 Å². The minimum absolute atomic E-state index is 0.239. The molecule has 0 bridgehead atoms. The summed E-state index contributed by atoms with van der Waals surface area (Å²) in [4.78, 5) is 10.9. The highest BCUT2D eigenvalue weighted by Gasteiger charge is 2.19. The van der Waals surface area contributed by atoms with Gasteiger partial charge in [0.2, 0.25) is 0 Å². The lowest BCUT2D eigenvalue weighted by molar-refractivity contribution is -0.114. The molecule has 1 aliphatic rings. The number of allylic oxidation sites excluding steroid dienone is 2. The number of hydrogen-bond donors (Lipinski definition) is 0. The van der Waals surface area contributed by atoms with Gasteiger partial charge in [-0.2, -0.15) is 0 Å². The standard InChI is InChI=1S/C7H11BO2/c1-2-10-6-4-3-5(9)7(6)8/h2-4,8H2,1H3. The second-order valence-electron chi connectivity index (χ2n) is 2.40. The highest BCUT2D eigenvalue weighted by molar-refractivity contribution is 6.37. The zero-order valence-corrected chi connectivity index (χ0v) is 6.44. The summed E-state index contributed by atoms with van der Waals surface area (Å²) in [6.07, 6.45) is 1.44. The Morgan fingerprint density at radius 3 is 2.70 bits per heavy atom. The second-order valence-corrected chi connectivity index (χ2v) is 2.40. The lowest BCUT2D eigenvalue weighted by Gasteiger charge is -2.02. The molecule has 0 atom stereocenters. The van der Waals surface area contributed by atoms with Crippen LogP contribution < -0.4 is 0 Å². The molecule has 54 valence electrons. The van der Waals surface area contributed by atoms with Gasteiger partial charge in [-0.05, 0) is 12.4 Å². The largest absolute Gasteiger partial charge is 0.499 e. The normalized spacial score (nSPS) is 18.3. The Bertz CT molecular complexity index is 184. The van der Waals surface area contributed by atoms with Crippen LogP contribution >= 0.6 is 0 Å². The number of ketones is 1. The van der Waals surface area contributed by atoms with Gasteiger partial charge in [0.1, 0.15) is 7.85 Å². The molecule has 3 heteroatoms. The number of Topliss-reactive ketones (excluding diaryl/α,β-unsaturated/α-hetero) is 1. The van der Waals surface area contributed by atoms with Gasteiger partial charge in [-0.3, -0.25) is 4.79 Å². The molecule has 0 aromatic heterocycles. The van der Waals surface area contributed by atoms with Crippen molar-refractivity contribution in [2.45, 2.75) is 19.8 Å². The molecule has 0 saturated heterocycles. The summed E-state index contributed by atoms with van der Waals surface area (Å²) in [5.41, 5.74) is 0.821. The summed E-state index contributed by atoms with van der Waals surface area (Å²) in [6.45, 7) is 2.60. The fraction of sp³-hybridized carbons (Fsp3) is 0.571. The molecular formula is C7H11BO2. The third-order valence-electron chi connectivity index (χ3n) is 1.73. The molecule has 0 saturated carbocycles. The van der Waals surface area contributed by atoms with Crippen molar-refractivity contribution >= 4 is 13.6 Å². The maximum absolute atomic E-state index is 10.9. The van der Waals surface area contributed by atoms with Crippen molar-refractivity contribution in [2.24, 2.45) is 0 Å². The highest BCUT2D eigenvalue weighted by Crippen LogP contribution is 2.20. The van der Waals surface area contributed by atoms with Crippen molar-refractivity contribution in [1.29, 1.82) is 0 Å². The molecule has 0 N–H and O–H groups in total. The molecule has 0 radical (unpaired) electrons. The molecule has 10 heavy (non-hydrogen) atoms. The monoisotopic (exact) mass is 138 g/mol. The summed E-state index contributed by atoms with van der Waals surface area (Å²) in [7, 11) is 1.83. The van der Waals surface area contributed by atoms with Gasteiger partial charge in [-0.25, -0.2) is 0 Å². The minimum atomic E-state index is 0.239. The van der Waals surface area contributed by atoms with Crippen molar-refractivity contribution < 1.29 is 9.53 Å². The van der Waals surface area contributed by atoms with Crippen LogP contribution in [0, 0.1) is 0 Å². The van der Waals surface area contributed by atoms with Crippen LogP contribution in [0.1, 0.15) is 19.8 Å². The third-order valence-corrected chi connectivity index (χ3v) is 1.73. The van der Waals surface area contributed by atoms with E-state index in [-0.39, 0.29) is 5.78 Å². The molecular weight excluding hydrogens is 127 g/mol. The summed E-state index contributed by atoms with van der Waals surface area (Å²) >= 11 is 0. The van der Waals surface area contributed by atoms with E-state index in [0.717, 1.165) is 17.7 Å². The van der Waals surface area contributed by atoms with E-state index in [1.165, 1.54) is 0 Å².